The maximum atomic E-state index is 4.45. The summed E-state index contributed by atoms with van der Waals surface area (Å²) in [5.74, 6) is 0.618. The van der Waals surface area contributed by atoms with Crippen molar-refractivity contribution in [1.82, 2.24) is 25.7 Å². The van der Waals surface area contributed by atoms with E-state index in [2.05, 4.69) is 25.7 Å². The van der Waals surface area contributed by atoms with Crippen LogP contribution < -0.4 is 4.68 Å². The molecule has 0 unspecified atom stereocenters. The molecule has 16 heavy (non-hydrogen) atoms. The van der Waals surface area contributed by atoms with Gasteiger partial charge in [0.05, 0.1) is 0 Å². The molecular weight excluding hydrogens is 204 g/mol. The van der Waals surface area contributed by atoms with Crippen LogP contribution >= 0.6 is 0 Å². The summed E-state index contributed by atoms with van der Waals surface area (Å²) in [5.41, 5.74) is 0.952. The van der Waals surface area contributed by atoms with Gasteiger partial charge in [0.15, 0.2) is 6.20 Å². The first kappa shape index (κ1) is 8.90. The minimum Gasteiger partial charge on any atom is -0.177 e. The zero-order chi connectivity index (χ0) is 10.8. The Morgan fingerprint density at radius 3 is 3.00 bits per heavy atom. The number of aromatic nitrogens is 6. The van der Waals surface area contributed by atoms with Crippen molar-refractivity contribution in [3.8, 4) is 0 Å². The third kappa shape index (κ3) is 1.60. The van der Waals surface area contributed by atoms with Crippen molar-refractivity contribution in [2.75, 3.05) is 0 Å². The van der Waals surface area contributed by atoms with Gasteiger partial charge < -0.3 is 0 Å². The number of nitrogens with zero attached hydrogens (tertiary/aromatic N) is 5. The Balaban J connectivity index is 1.99. The van der Waals surface area contributed by atoms with Gasteiger partial charge in [0, 0.05) is 16.6 Å². The second-order valence-corrected chi connectivity index (χ2v) is 3.40. The highest BCUT2D eigenvalue weighted by molar-refractivity contribution is 5.76. The number of benzene rings is 1. The molecule has 0 atom stereocenters. The number of hydrogen-bond donors (Lipinski definition) is 1. The van der Waals surface area contributed by atoms with E-state index in [1.165, 1.54) is 0 Å². The SMILES string of the molecule is c1ccc2n[n+](Cc3nn[nH]n3)ccc2c1. The van der Waals surface area contributed by atoms with Crippen LogP contribution in [0.4, 0.5) is 0 Å². The molecule has 0 bridgehead atoms. The molecule has 0 spiro atoms. The van der Waals surface area contributed by atoms with Gasteiger partial charge in [0.1, 0.15) is 5.52 Å². The highest BCUT2D eigenvalue weighted by atomic mass is 15.5. The molecule has 2 heterocycles. The lowest BCUT2D eigenvalue weighted by Gasteiger charge is -1.93. The topological polar surface area (TPSA) is 71.2 Å². The molecule has 0 radical (unpaired) electrons. The molecule has 78 valence electrons. The second kappa shape index (κ2) is 3.65. The van der Waals surface area contributed by atoms with E-state index in [0.29, 0.717) is 12.4 Å². The second-order valence-electron chi connectivity index (χ2n) is 3.40. The van der Waals surface area contributed by atoms with Crippen LogP contribution in [0.5, 0.6) is 0 Å². The van der Waals surface area contributed by atoms with Crippen LogP contribution in [-0.2, 0) is 6.54 Å². The van der Waals surface area contributed by atoms with Crippen molar-refractivity contribution in [2.45, 2.75) is 6.54 Å². The summed E-state index contributed by atoms with van der Waals surface area (Å²) in [6.07, 6.45) is 1.90. The molecule has 3 rings (SSSR count). The molecule has 0 aliphatic heterocycles. The number of nitrogens with one attached hydrogen (secondary N) is 1. The summed E-state index contributed by atoms with van der Waals surface area (Å²) in [7, 11) is 0. The van der Waals surface area contributed by atoms with E-state index in [9.17, 15) is 0 Å². The Labute approximate surface area is 90.9 Å². The third-order valence-electron chi connectivity index (χ3n) is 2.29. The number of aromatic amines is 1. The van der Waals surface area contributed by atoms with Crippen LogP contribution in [-0.4, -0.2) is 25.7 Å². The molecule has 2 aromatic heterocycles. The number of hydrogen-bond acceptors (Lipinski definition) is 4. The van der Waals surface area contributed by atoms with Crippen LogP contribution in [0.15, 0.2) is 36.5 Å². The molecule has 0 amide bonds. The van der Waals surface area contributed by atoms with Crippen molar-refractivity contribution >= 4 is 10.9 Å². The van der Waals surface area contributed by atoms with Gasteiger partial charge in [0.2, 0.25) is 12.4 Å². The molecule has 6 nitrogen and oxygen atoms in total. The van der Waals surface area contributed by atoms with E-state index in [1.807, 2.05) is 36.5 Å². The van der Waals surface area contributed by atoms with E-state index in [1.54, 1.807) is 4.68 Å². The molecule has 0 aliphatic carbocycles. The quantitative estimate of drug-likeness (QED) is 0.612. The predicted octanol–water partition coefficient (Wildman–Crippen LogP) is 0.0837. The van der Waals surface area contributed by atoms with Gasteiger partial charge in [-0.05, 0) is 11.3 Å². The summed E-state index contributed by atoms with van der Waals surface area (Å²) in [5, 5.41) is 19.2. The van der Waals surface area contributed by atoms with Gasteiger partial charge >= 0.3 is 0 Å². The minimum absolute atomic E-state index is 0.515. The van der Waals surface area contributed by atoms with Crippen LogP contribution in [0, 0.1) is 0 Å². The predicted molar refractivity (Wildman–Crippen MR) is 55.2 cm³/mol. The van der Waals surface area contributed by atoms with Gasteiger partial charge in [-0.25, -0.2) is 0 Å². The Kier molecular flexibility index (Phi) is 2.03. The Bertz CT molecular complexity index is 604. The van der Waals surface area contributed by atoms with Gasteiger partial charge in [-0.2, -0.15) is 5.21 Å². The largest absolute Gasteiger partial charge is 0.241 e. The number of H-pyrrole nitrogens is 1. The van der Waals surface area contributed by atoms with E-state index in [0.717, 1.165) is 10.9 Å². The lowest BCUT2D eigenvalue weighted by atomic mass is 10.2. The van der Waals surface area contributed by atoms with E-state index in [4.69, 9.17) is 0 Å². The Morgan fingerprint density at radius 2 is 2.12 bits per heavy atom. The first-order chi connectivity index (χ1) is 7.92. The molecular formula is C10H9N6+. The summed E-state index contributed by atoms with van der Waals surface area (Å²) < 4.78 is 1.78. The van der Waals surface area contributed by atoms with E-state index < -0.39 is 0 Å². The fourth-order valence-electron chi connectivity index (χ4n) is 1.54. The van der Waals surface area contributed by atoms with Gasteiger partial charge in [-0.15, -0.1) is 10.2 Å². The fourth-order valence-corrected chi connectivity index (χ4v) is 1.54. The summed E-state index contributed by atoms with van der Waals surface area (Å²) in [6.45, 7) is 0.515. The zero-order valence-corrected chi connectivity index (χ0v) is 8.41. The lowest BCUT2D eigenvalue weighted by molar-refractivity contribution is -0.744. The van der Waals surface area contributed by atoms with E-state index in [-0.39, 0.29) is 0 Å². The average molecular weight is 213 g/mol. The maximum Gasteiger partial charge on any atom is 0.241 e. The molecule has 3 aromatic rings. The van der Waals surface area contributed by atoms with Crippen molar-refractivity contribution in [2.24, 2.45) is 0 Å². The van der Waals surface area contributed by atoms with Crippen molar-refractivity contribution in [3.05, 3.63) is 42.4 Å². The molecule has 1 aromatic carbocycles. The summed E-state index contributed by atoms with van der Waals surface area (Å²) in [6, 6.07) is 9.98. The highest BCUT2D eigenvalue weighted by Gasteiger charge is 2.09. The van der Waals surface area contributed by atoms with Crippen LogP contribution in [0.1, 0.15) is 5.82 Å². The van der Waals surface area contributed by atoms with Gasteiger partial charge in [0.25, 0.3) is 0 Å². The fraction of sp³-hybridized carbons (Fsp3) is 0.100. The Hall–Kier alpha value is -2.37. The van der Waals surface area contributed by atoms with Crippen LogP contribution in [0.2, 0.25) is 0 Å². The molecule has 0 fully saturated rings. The summed E-state index contributed by atoms with van der Waals surface area (Å²) >= 11 is 0. The first-order valence-electron chi connectivity index (χ1n) is 4.90. The smallest absolute Gasteiger partial charge is 0.177 e. The first-order valence-corrected chi connectivity index (χ1v) is 4.90. The van der Waals surface area contributed by atoms with Gasteiger partial charge in [-0.1, -0.05) is 22.9 Å². The molecule has 1 N–H and O–H groups in total. The summed E-state index contributed by atoms with van der Waals surface area (Å²) in [4.78, 5) is 0. The van der Waals surface area contributed by atoms with E-state index >= 15 is 0 Å². The molecule has 0 aliphatic rings. The number of tetrazole rings is 1. The normalized spacial score (nSPS) is 10.8. The average Bonchev–Trinajstić information content (AvgIpc) is 2.82. The Morgan fingerprint density at radius 1 is 1.19 bits per heavy atom. The molecule has 0 saturated carbocycles. The zero-order valence-electron chi connectivity index (χ0n) is 8.41. The van der Waals surface area contributed by atoms with Crippen molar-refractivity contribution < 1.29 is 4.68 Å². The van der Waals surface area contributed by atoms with Crippen LogP contribution in [0.25, 0.3) is 10.9 Å². The lowest BCUT2D eigenvalue weighted by Crippen LogP contribution is -2.38. The van der Waals surface area contributed by atoms with Crippen molar-refractivity contribution in [1.29, 1.82) is 0 Å². The monoisotopic (exact) mass is 213 g/mol. The number of rotatable bonds is 2. The number of fused-ring (bicyclic) bond motifs is 1. The van der Waals surface area contributed by atoms with Crippen LogP contribution in [0.3, 0.4) is 0 Å². The molecule has 0 saturated heterocycles. The third-order valence-corrected chi connectivity index (χ3v) is 2.29. The minimum atomic E-state index is 0.515. The maximum absolute atomic E-state index is 4.45. The van der Waals surface area contributed by atoms with Gasteiger partial charge in [-0.3, -0.25) is 0 Å². The standard InChI is InChI=1S/C10H9N6/c1-2-4-9-8(3-1)5-6-16(13-9)7-10-11-14-15-12-10/h1-6H,7H2,(H,11,12,14,15)/q+1. The highest BCUT2D eigenvalue weighted by Crippen LogP contribution is 2.06. The van der Waals surface area contributed by atoms with Crippen molar-refractivity contribution in [3.63, 3.8) is 0 Å². The molecule has 6 heteroatoms.